The van der Waals surface area contributed by atoms with E-state index in [4.69, 9.17) is 0 Å². The fourth-order valence-electron chi connectivity index (χ4n) is 2.22. The highest BCUT2D eigenvalue weighted by molar-refractivity contribution is 9.10. The molecule has 1 aliphatic heterocycles. The standard InChI is InChI=1S/C12H16BrNO2/c13-11-5-1-3-9(12(11)16)7-14-6-2-4-10(14)8-15/h1,3,5,10,15-16H,2,4,6-8H2. The highest BCUT2D eigenvalue weighted by atomic mass is 79.9. The number of hydrogen-bond acceptors (Lipinski definition) is 3. The average Bonchev–Trinajstić information content (AvgIpc) is 2.72. The maximum Gasteiger partial charge on any atom is 0.134 e. The van der Waals surface area contributed by atoms with Gasteiger partial charge in [-0.2, -0.15) is 0 Å². The summed E-state index contributed by atoms with van der Waals surface area (Å²) in [6, 6.07) is 5.92. The van der Waals surface area contributed by atoms with Crippen molar-refractivity contribution in [2.45, 2.75) is 25.4 Å². The lowest BCUT2D eigenvalue weighted by atomic mass is 10.1. The Labute approximate surface area is 104 Å². The van der Waals surface area contributed by atoms with Crippen molar-refractivity contribution in [2.24, 2.45) is 0 Å². The third kappa shape index (κ3) is 2.39. The van der Waals surface area contributed by atoms with Crippen molar-refractivity contribution in [3.8, 4) is 5.75 Å². The van der Waals surface area contributed by atoms with E-state index in [2.05, 4.69) is 20.8 Å². The Morgan fingerprint density at radius 1 is 1.44 bits per heavy atom. The molecule has 0 radical (unpaired) electrons. The smallest absolute Gasteiger partial charge is 0.134 e. The van der Waals surface area contributed by atoms with Crippen molar-refractivity contribution in [2.75, 3.05) is 13.2 Å². The highest BCUT2D eigenvalue weighted by Crippen LogP contribution is 2.30. The van der Waals surface area contributed by atoms with Gasteiger partial charge in [0, 0.05) is 18.2 Å². The summed E-state index contributed by atoms with van der Waals surface area (Å²) in [4.78, 5) is 2.22. The number of phenolic OH excluding ortho intramolecular Hbond substituents is 1. The van der Waals surface area contributed by atoms with E-state index in [1.807, 2.05) is 18.2 Å². The van der Waals surface area contributed by atoms with Gasteiger partial charge in [0.1, 0.15) is 5.75 Å². The lowest BCUT2D eigenvalue weighted by Gasteiger charge is -2.23. The van der Waals surface area contributed by atoms with E-state index in [9.17, 15) is 10.2 Å². The first-order valence-corrected chi connectivity index (χ1v) is 6.33. The van der Waals surface area contributed by atoms with E-state index in [1.54, 1.807) is 0 Å². The molecule has 16 heavy (non-hydrogen) atoms. The summed E-state index contributed by atoms with van der Waals surface area (Å²) in [6.07, 6.45) is 2.17. The van der Waals surface area contributed by atoms with Crippen LogP contribution < -0.4 is 0 Å². The Morgan fingerprint density at radius 3 is 3.00 bits per heavy atom. The summed E-state index contributed by atoms with van der Waals surface area (Å²) in [6.45, 7) is 1.91. The molecule has 0 saturated carbocycles. The van der Waals surface area contributed by atoms with Gasteiger partial charge in [-0.05, 0) is 41.4 Å². The van der Waals surface area contributed by atoms with Crippen LogP contribution in [0.2, 0.25) is 0 Å². The molecule has 3 nitrogen and oxygen atoms in total. The van der Waals surface area contributed by atoms with Crippen LogP contribution in [0.3, 0.4) is 0 Å². The number of halogens is 1. The number of aliphatic hydroxyl groups is 1. The van der Waals surface area contributed by atoms with Gasteiger partial charge in [0.2, 0.25) is 0 Å². The molecule has 1 unspecified atom stereocenters. The van der Waals surface area contributed by atoms with Crippen molar-refractivity contribution in [1.82, 2.24) is 4.90 Å². The van der Waals surface area contributed by atoms with Gasteiger partial charge >= 0.3 is 0 Å². The quantitative estimate of drug-likeness (QED) is 0.894. The normalized spacial score (nSPS) is 21.5. The summed E-state index contributed by atoms with van der Waals surface area (Å²) in [5.41, 5.74) is 0.912. The third-order valence-corrected chi connectivity index (χ3v) is 3.79. The fraction of sp³-hybridized carbons (Fsp3) is 0.500. The predicted octanol–water partition coefficient (Wildman–Crippen LogP) is 2.11. The molecule has 1 saturated heterocycles. The maximum absolute atomic E-state index is 9.88. The molecule has 2 rings (SSSR count). The highest BCUT2D eigenvalue weighted by Gasteiger charge is 2.24. The van der Waals surface area contributed by atoms with Crippen LogP contribution in [0.1, 0.15) is 18.4 Å². The molecule has 1 fully saturated rings. The topological polar surface area (TPSA) is 43.7 Å². The lowest BCUT2D eigenvalue weighted by Crippen LogP contribution is -2.31. The molecular formula is C12H16BrNO2. The molecule has 4 heteroatoms. The second kappa shape index (κ2) is 5.17. The van der Waals surface area contributed by atoms with E-state index < -0.39 is 0 Å². The first kappa shape index (κ1) is 11.9. The molecule has 1 aromatic rings. The van der Waals surface area contributed by atoms with Crippen LogP contribution >= 0.6 is 15.9 Å². The van der Waals surface area contributed by atoms with Gasteiger partial charge < -0.3 is 10.2 Å². The molecule has 2 N–H and O–H groups in total. The molecule has 88 valence electrons. The van der Waals surface area contributed by atoms with Gasteiger partial charge in [-0.15, -0.1) is 0 Å². The van der Waals surface area contributed by atoms with Gasteiger partial charge in [0.05, 0.1) is 11.1 Å². The first-order chi connectivity index (χ1) is 7.72. The van der Waals surface area contributed by atoms with Crippen molar-refractivity contribution in [1.29, 1.82) is 0 Å². The van der Waals surface area contributed by atoms with Gasteiger partial charge in [-0.3, -0.25) is 4.90 Å². The van der Waals surface area contributed by atoms with Crippen LogP contribution in [0.15, 0.2) is 22.7 Å². The van der Waals surface area contributed by atoms with Gasteiger partial charge in [-0.25, -0.2) is 0 Å². The zero-order valence-corrected chi connectivity index (χ0v) is 10.7. The summed E-state index contributed by atoms with van der Waals surface area (Å²) in [7, 11) is 0. The molecule has 0 aliphatic carbocycles. The Hall–Kier alpha value is -0.580. The number of nitrogens with zero attached hydrogens (tertiary/aromatic N) is 1. The average molecular weight is 286 g/mol. The predicted molar refractivity (Wildman–Crippen MR) is 66.3 cm³/mol. The van der Waals surface area contributed by atoms with Crippen LogP contribution in [0.4, 0.5) is 0 Å². The Kier molecular flexibility index (Phi) is 3.84. The zero-order chi connectivity index (χ0) is 11.5. The number of para-hydroxylation sites is 1. The van der Waals surface area contributed by atoms with Crippen LogP contribution in [0.5, 0.6) is 5.75 Å². The second-order valence-corrected chi connectivity index (χ2v) is 5.05. The van der Waals surface area contributed by atoms with E-state index in [1.165, 1.54) is 0 Å². The first-order valence-electron chi connectivity index (χ1n) is 5.53. The molecule has 1 heterocycles. The Morgan fingerprint density at radius 2 is 2.25 bits per heavy atom. The molecular weight excluding hydrogens is 270 g/mol. The summed E-state index contributed by atoms with van der Waals surface area (Å²) in [5, 5.41) is 19.1. The molecule has 0 bridgehead atoms. The molecule has 1 atom stereocenters. The van der Waals surface area contributed by atoms with E-state index in [-0.39, 0.29) is 12.6 Å². The zero-order valence-electron chi connectivity index (χ0n) is 9.06. The minimum atomic E-state index is 0.203. The van der Waals surface area contributed by atoms with Crippen LogP contribution in [0.25, 0.3) is 0 Å². The fourth-order valence-corrected chi connectivity index (χ4v) is 2.62. The van der Waals surface area contributed by atoms with Gasteiger partial charge in [-0.1, -0.05) is 12.1 Å². The number of likely N-dealkylation sites (tertiary alicyclic amines) is 1. The SMILES string of the molecule is OCC1CCCN1Cc1cccc(Br)c1O. The number of rotatable bonds is 3. The Balaban J connectivity index is 2.11. The minimum Gasteiger partial charge on any atom is -0.506 e. The number of benzene rings is 1. The van der Waals surface area contributed by atoms with Crippen molar-refractivity contribution >= 4 is 15.9 Å². The monoisotopic (exact) mass is 285 g/mol. The van der Waals surface area contributed by atoms with Crippen molar-refractivity contribution < 1.29 is 10.2 Å². The van der Waals surface area contributed by atoms with Gasteiger partial charge in [0.15, 0.2) is 0 Å². The minimum absolute atomic E-state index is 0.203. The molecule has 0 amide bonds. The van der Waals surface area contributed by atoms with E-state index in [0.717, 1.165) is 29.4 Å². The molecule has 0 aromatic heterocycles. The second-order valence-electron chi connectivity index (χ2n) is 4.20. The summed E-state index contributed by atoms with van der Waals surface area (Å²) in [5.74, 6) is 0.311. The van der Waals surface area contributed by atoms with Crippen LogP contribution in [0, 0.1) is 0 Å². The number of phenols is 1. The maximum atomic E-state index is 9.88. The molecule has 1 aromatic carbocycles. The summed E-state index contributed by atoms with van der Waals surface area (Å²) >= 11 is 3.31. The number of aliphatic hydroxyl groups excluding tert-OH is 1. The van der Waals surface area contributed by atoms with E-state index >= 15 is 0 Å². The largest absolute Gasteiger partial charge is 0.506 e. The lowest BCUT2D eigenvalue weighted by molar-refractivity contribution is 0.152. The van der Waals surface area contributed by atoms with Gasteiger partial charge in [0.25, 0.3) is 0 Å². The molecule has 0 spiro atoms. The van der Waals surface area contributed by atoms with Crippen molar-refractivity contribution in [3.05, 3.63) is 28.2 Å². The van der Waals surface area contributed by atoms with Crippen molar-refractivity contribution in [3.63, 3.8) is 0 Å². The molecule has 1 aliphatic rings. The summed E-state index contributed by atoms with van der Waals surface area (Å²) < 4.78 is 0.727. The van der Waals surface area contributed by atoms with E-state index in [0.29, 0.717) is 12.3 Å². The third-order valence-electron chi connectivity index (χ3n) is 3.15. The Bertz CT molecular complexity index is 370. The number of aromatic hydroxyl groups is 1. The van der Waals surface area contributed by atoms with Crippen LogP contribution in [-0.2, 0) is 6.54 Å². The van der Waals surface area contributed by atoms with Crippen LogP contribution in [-0.4, -0.2) is 34.3 Å². The number of hydrogen-bond donors (Lipinski definition) is 2.